The monoisotopic (exact) mass is 395 g/mol. The molecule has 150 valence electrons. The van der Waals surface area contributed by atoms with E-state index in [1.54, 1.807) is 48.5 Å². The van der Waals surface area contributed by atoms with Crippen LogP contribution in [-0.2, 0) is 32.0 Å². The highest BCUT2D eigenvalue weighted by Gasteiger charge is 2.08. The summed E-state index contributed by atoms with van der Waals surface area (Å²) in [4.78, 5) is 34.8. The summed E-state index contributed by atoms with van der Waals surface area (Å²) in [5.41, 5.74) is 2.18. The first-order valence-electron chi connectivity index (χ1n) is 8.81. The zero-order chi connectivity index (χ0) is 21.1. The van der Waals surface area contributed by atoms with Crippen LogP contribution in [0.1, 0.15) is 11.1 Å². The molecule has 0 heterocycles. The average molecular weight is 395 g/mol. The van der Waals surface area contributed by atoms with Crippen LogP contribution in [0.3, 0.4) is 0 Å². The van der Waals surface area contributed by atoms with E-state index in [0.717, 1.165) is 11.1 Å². The second-order valence-corrected chi connectivity index (χ2v) is 6.04. The molecule has 2 aromatic carbocycles. The van der Waals surface area contributed by atoms with E-state index in [0.29, 0.717) is 17.9 Å². The van der Waals surface area contributed by atoms with Crippen LogP contribution in [0.4, 0.5) is 5.69 Å². The Balaban J connectivity index is 1.77. The van der Waals surface area contributed by atoms with Crippen LogP contribution >= 0.6 is 0 Å². The predicted octanol–water partition coefficient (Wildman–Crippen LogP) is 1.60. The van der Waals surface area contributed by atoms with Crippen molar-refractivity contribution in [3.05, 3.63) is 59.7 Å². The van der Waals surface area contributed by atoms with E-state index in [-0.39, 0.29) is 31.4 Å². The SMILES string of the molecule is COC(=O)CNC(=O)Cc1ccc(NC(=O)COc2ccc(CC#N)cc2)cc1. The summed E-state index contributed by atoms with van der Waals surface area (Å²) < 4.78 is 9.87. The lowest BCUT2D eigenvalue weighted by atomic mass is 10.1. The number of ether oxygens (including phenoxy) is 2. The van der Waals surface area contributed by atoms with Crippen molar-refractivity contribution in [1.82, 2.24) is 5.32 Å². The minimum atomic E-state index is -0.517. The van der Waals surface area contributed by atoms with Gasteiger partial charge in [-0.25, -0.2) is 0 Å². The molecule has 29 heavy (non-hydrogen) atoms. The molecular weight excluding hydrogens is 374 g/mol. The minimum absolute atomic E-state index is 0.107. The number of nitrogens with zero attached hydrogens (tertiary/aromatic N) is 1. The van der Waals surface area contributed by atoms with Crippen LogP contribution in [0.15, 0.2) is 48.5 Å². The third kappa shape index (κ3) is 7.72. The van der Waals surface area contributed by atoms with Gasteiger partial charge >= 0.3 is 5.97 Å². The maximum atomic E-state index is 12.0. The normalized spacial score (nSPS) is 9.79. The quantitative estimate of drug-likeness (QED) is 0.623. The summed E-state index contributed by atoms with van der Waals surface area (Å²) in [7, 11) is 1.25. The summed E-state index contributed by atoms with van der Waals surface area (Å²) in [6, 6.07) is 15.8. The maximum absolute atomic E-state index is 12.0. The zero-order valence-corrected chi connectivity index (χ0v) is 15.9. The number of benzene rings is 2. The third-order valence-electron chi connectivity index (χ3n) is 3.84. The Morgan fingerprint density at radius 2 is 1.62 bits per heavy atom. The van der Waals surface area contributed by atoms with Gasteiger partial charge in [0.2, 0.25) is 5.91 Å². The van der Waals surface area contributed by atoms with Crippen molar-refractivity contribution in [2.75, 3.05) is 25.6 Å². The number of anilines is 1. The predicted molar refractivity (Wildman–Crippen MR) is 105 cm³/mol. The van der Waals surface area contributed by atoms with Crippen molar-refractivity contribution in [1.29, 1.82) is 5.26 Å². The van der Waals surface area contributed by atoms with Gasteiger partial charge in [-0.05, 0) is 35.4 Å². The van der Waals surface area contributed by atoms with E-state index in [4.69, 9.17) is 10.00 Å². The van der Waals surface area contributed by atoms with Crippen LogP contribution in [0, 0.1) is 11.3 Å². The number of nitrogens with one attached hydrogen (secondary N) is 2. The third-order valence-corrected chi connectivity index (χ3v) is 3.84. The van der Waals surface area contributed by atoms with Crippen molar-refractivity contribution in [3.63, 3.8) is 0 Å². The van der Waals surface area contributed by atoms with Crippen LogP contribution in [0.2, 0.25) is 0 Å². The highest BCUT2D eigenvalue weighted by atomic mass is 16.5. The average Bonchev–Trinajstić information content (AvgIpc) is 2.73. The molecule has 2 amide bonds. The molecular formula is C21H21N3O5. The van der Waals surface area contributed by atoms with E-state index in [9.17, 15) is 14.4 Å². The van der Waals surface area contributed by atoms with Gasteiger partial charge < -0.3 is 20.1 Å². The van der Waals surface area contributed by atoms with Gasteiger partial charge in [0.05, 0.1) is 26.0 Å². The second kappa shape index (κ2) is 11.1. The van der Waals surface area contributed by atoms with Crippen molar-refractivity contribution >= 4 is 23.5 Å². The summed E-state index contributed by atoms with van der Waals surface area (Å²) in [6.07, 6.45) is 0.430. The first-order valence-corrected chi connectivity index (χ1v) is 8.81. The van der Waals surface area contributed by atoms with Crippen LogP contribution in [0.5, 0.6) is 5.75 Å². The molecule has 8 heteroatoms. The van der Waals surface area contributed by atoms with Crippen molar-refractivity contribution in [3.8, 4) is 11.8 Å². The summed E-state index contributed by atoms with van der Waals surface area (Å²) in [5.74, 6) is -0.608. The number of nitriles is 1. The van der Waals surface area contributed by atoms with Crippen molar-refractivity contribution < 1.29 is 23.9 Å². The lowest BCUT2D eigenvalue weighted by Gasteiger charge is -2.09. The van der Waals surface area contributed by atoms with E-state index >= 15 is 0 Å². The lowest BCUT2D eigenvalue weighted by molar-refractivity contribution is -0.141. The Labute approximate surface area is 168 Å². The molecule has 0 aliphatic rings. The zero-order valence-electron chi connectivity index (χ0n) is 15.9. The topological polar surface area (TPSA) is 118 Å². The molecule has 0 fully saturated rings. The standard InChI is InChI=1S/C21H21N3O5/c1-28-21(27)13-23-19(25)12-16-2-6-17(7-3-16)24-20(26)14-29-18-8-4-15(5-9-18)10-11-22/h2-9H,10,12-14H2,1H3,(H,23,25)(H,24,26). The first kappa shape index (κ1) is 21.4. The molecule has 8 nitrogen and oxygen atoms in total. The molecule has 0 aromatic heterocycles. The van der Waals surface area contributed by atoms with E-state index in [1.165, 1.54) is 7.11 Å². The molecule has 2 rings (SSSR count). The van der Waals surface area contributed by atoms with Gasteiger partial charge in [0.25, 0.3) is 5.91 Å². The van der Waals surface area contributed by atoms with Gasteiger partial charge in [0, 0.05) is 5.69 Å². The number of hydrogen-bond donors (Lipinski definition) is 2. The summed E-state index contributed by atoms with van der Waals surface area (Å²) in [5, 5.41) is 13.8. The fourth-order valence-electron chi connectivity index (χ4n) is 2.34. The van der Waals surface area contributed by atoms with Crippen molar-refractivity contribution in [2.45, 2.75) is 12.8 Å². The van der Waals surface area contributed by atoms with Gasteiger partial charge in [0.1, 0.15) is 12.3 Å². The van der Waals surface area contributed by atoms with E-state index in [1.807, 2.05) is 0 Å². The molecule has 0 spiro atoms. The van der Waals surface area contributed by atoms with Crippen LogP contribution in [0.25, 0.3) is 0 Å². The fraction of sp³-hybridized carbons (Fsp3) is 0.238. The minimum Gasteiger partial charge on any atom is -0.484 e. The van der Waals surface area contributed by atoms with Gasteiger partial charge in [-0.1, -0.05) is 24.3 Å². The Bertz CT molecular complexity index is 886. The van der Waals surface area contributed by atoms with Gasteiger partial charge in [-0.3, -0.25) is 14.4 Å². The molecule has 0 atom stereocenters. The molecule has 0 unspecified atom stereocenters. The van der Waals surface area contributed by atoms with Gasteiger partial charge in [-0.15, -0.1) is 0 Å². The van der Waals surface area contributed by atoms with Crippen LogP contribution < -0.4 is 15.4 Å². The van der Waals surface area contributed by atoms with Crippen molar-refractivity contribution in [2.24, 2.45) is 0 Å². The largest absolute Gasteiger partial charge is 0.484 e. The number of amides is 2. The summed E-state index contributed by atoms with van der Waals surface area (Å²) in [6.45, 7) is -0.334. The molecule has 0 radical (unpaired) electrons. The van der Waals surface area contributed by atoms with Gasteiger partial charge in [0.15, 0.2) is 6.61 Å². The molecule has 0 saturated heterocycles. The molecule has 0 bridgehead atoms. The highest BCUT2D eigenvalue weighted by Crippen LogP contribution is 2.13. The Morgan fingerprint density at radius 3 is 2.24 bits per heavy atom. The molecule has 0 aliphatic heterocycles. The molecule has 0 saturated carbocycles. The molecule has 2 aromatic rings. The Kier molecular flexibility index (Phi) is 8.20. The number of rotatable bonds is 9. The van der Waals surface area contributed by atoms with E-state index in [2.05, 4.69) is 21.4 Å². The molecule has 2 N–H and O–H groups in total. The second-order valence-electron chi connectivity index (χ2n) is 6.04. The van der Waals surface area contributed by atoms with E-state index < -0.39 is 5.97 Å². The number of esters is 1. The number of methoxy groups -OCH3 is 1. The number of hydrogen-bond acceptors (Lipinski definition) is 6. The summed E-state index contributed by atoms with van der Waals surface area (Å²) >= 11 is 0. The van der Waals surface area contributed by atoms with Crippen LogP contribution in [-0.4, -0.2) is 38.0 Å². The number of carbonyl (C=O) groups excluding carboxylic acids is 3. The Hall–Kier alpha value is -3.86. The Morgan fingerprint density at radius 1 is 0.966 bits per heavy atom. The smallest absolute Gasteiger partial charge is 0.325 e. The highest BCUT2D eigenvalue weighted by molar-refractivity contribution is 5.92. The molecule has 0 aliphatic carbocycles. The maximum Gasteiger partial charge on any atom is 0.325 e. The first-order chi connectivity index (χ1) is 14.0. The fourth-order valence-corrected chi connectivity index (χ4v) is 2.34. The number of carbonyl (C=O) groups is 3. The lowest BCUT2D eigenvalue weighted by Crippen LogP contribution is -2.31. The van der Waals surface area contributed by atoms with Gasteiger partial charge in [-0.2, -0.15) is 5.26 Å².